The molecule has 0 saturated heterocycles. The summed E-state index contributed by atoms with van der Waals surface area (Å²) in [5, 5.41) is 8.78. The number of rotatable bonds is 2. The number of nitrogens with zero attached hydrogens (tertiary/aromatic N) is 4. The molecule has 0 aliphatic carbocycles. The lowest BCUT2D eigenvalue weighted by atomic mass is 10.3. The van der Waals surface area contributed by atoms with Gasteiger partial charge in [-0.05, 0) is 12.1 Å². The summed E-state index contributed by atoms with van der Waals surface area (Å²) in [6.45, 7) is 2.03. The fraction of sp³-hybridized carbons (Fsp3) is 0.182. The average molecular weight is 198 g/mol. The molecule has 2 aromatic rings. The first-order chi connectivity index (χ1) is 7.35. The lowest BCUT2D eigenvalue weighted by molar-refractivity contribution is 0.867. The Labute approximate surface area is 87.8 Å². The van der Waals surface area contributed by atoms with Gasteiger partial charge >= 0.3 is 0 Å². The van der Waals surface area contributed by atoms with Gasteiger partial charge in [-0.2, -0.15) is 5.26 Å². The molecule has 0 saturated carbocycles. The molecule has 15 heavy (non-hydrogen) atoms. The van der Waals surface area contributed by atoms with E-state index in [1.54, 1.807) is 24.5 Å². The predicted octanol–water partition coefficient (Wildman–Crippen LogP) is 1.70. The maximum atomic E-state index is 8.78. The average Bonchev–Trinajstić information content (AvgIpc) is 2.77. The minimum Gasteiger partial charge on any atom is -0.288 e. The molecule has 4 heteroatoms. The summed E-state index contributed by atoms with van der Waals surface area (Å²) in [5.41, 5.74) is 0.607. The molecule has 0 fully saturated rings. The number of aromatic nitrogens is 3. The number of nitriles is 1. The summed E-state index contributed by atoms with van der Waals surface area (Å²) in [6.07, 6.45) is 6.06. The zero-order valence-corrected chi connectivity index (χ0v) is 8.38. The molecular weight excluding hydrogens is 188 g/mol. The lowest BCUT2D eigenvalue weighted by Gasteiger charge is -2.04. The van der Waals surface area contributed by atoms with Crippen molar-refractivity contribution in [2.45, 2.75) is 13.3 Å². The number of aryl methyl sites for hydroxylation is 1. The van der Waals surface area contributed by atoms with E-state index in [0.717, 1.165) is 18.1 Å². The van der Waals surface area contributed by atoms with Gasteiger partial charge in [0.15, 0.2) is 0 Å². The van der Waals surface area contributed by atoms with E-state index >= 15 is 0 Å². The molecule has 0 aliphatic heterocycles. The molecule has 4 nitrogen and oxygen atoms in total. The molecule has 0 N–H and O–H groups in total. The second-order valence-corrected chi connectivity index (χ2v) is 3.08. The van der Waals surface area contributed by atoms with Crippen molar-refractivity contribution < 1.29 is 0 Å². The SMILES string of the molecule is CCc1nccn1-c1cc(C#N)ccn1. The van der Waals surface area contributed by atoms with Crippen molar-refractivity contribution >= 4 is 0 Å². The van der Waals surface area contributed by atoms with Crippen LogP contribution in [0.15, 0.2) is 30.7 Å². The van der Waals surface area contributed by atoms with Crippen LogP contribution in [-0.2, 0) is 6.42 Å². The molecule has 2 heterocycles. The van der Waals surface area contributed by atoms with Crippen molar-refractivity contribution in [3.05, 3.63) is 42.1 Å². The maximum absolute atomic E-state index is 8.78. The van der Waals surface area contributed by atoms with Gasteiger partial charge in [-0.15, -0.1) is 0 Å². The third-order valence-corrected chi connectivity index (χ3v) is 2.16. The molecule has 0 amide bonds. The van der Waals surface area contributed by atoms with E-state index in [1.165, 1.54) is 0 Å². The van der Waals surface area contributed by atoms with E-state index < -0.39 is 0 Å². The number of imidazole rings is 1. The summed E-state index contributed by atoms with van der Waals surface area (Å²) in [7, 11) is 0. The lowest BCUT2D eigenvalue weighted by Crippen LogP contribution is -2.01. The Morgan fingerprint density at radius 1 is 1.40 bits per heavy atom. The minimum atomic E-state index is 0.607. The first-order valence-corrected chi connectivity index (χ1v) is 4.74. The molecule has 0 aromatic carbocycles. The highest BCUT2D eigenvalue weighted by molar-refractivity contribution is 5.36. The Balaban J connectivity index is 2.50. The standard InChI is InChI=1S/C11H10N4/c1-2-10-14-5-6-15(10)11-7-9(8-12)3-4-13-11/h3-7H,2H2,1H3. The van der Waals surface area contributed by atoms with Crippen LogP contribution in [0.25, 0.3) is 5.82 Å². The third-order valence-electron chi connectivity index (χ3n) is 2.16. The fourth-order valence-corrected chi connectivity index (χ4v) is 1.42. The third kappa shape index (κ3) is 1.72. The van der Waals surface area contributed by atoms with Crippen LogP contribution in [-0.4, -0.2) is 14.5 Å². The molecular formula is C11H10N4. The Morgan fingerprint density at radius 2 is 2.27 bits per heavy atom. The Hall–Kier alpha value is -2.15. The van der Waals surface area contributed by atoms with Crippen LogP contribution in [0.3, 0.4) is 0 Å². The Kier molecular flexibility index (Phi) is 2.46. The normalized spacial score (nSPS) is 9.87. The molecule has 0 aliphatic rings. The van der Waals surface area contributed by atoms with Crippen LogP contribution in [0.2, 0.25) is 0 Å². The molecule has 0 radical (unpaired) electrons. The molecule has 0 spiro atoms. The van der Waals surface area contributed by atoms with Gasteiger partial charge in [0.25, 0.3) is 0 Å². The molecule has 0 bridgehead atoms. The van der Waals surface area contributed by atoms with Gasteiger partial charge in [0, 0.05) is 25.0 Å². The highest BCUT2D eigenvalue weighted by Crippen LogP contribution is 2.09. The molecule has 2 rings (SSSR count). The highest BCUT2D eigenvalue weighted by Gasteiger charge is 2.04. The van der Waals surface area contributed by atoms with Crippen molar-refractivity contribution in [3.63, 3.8) is 0 Å². The first kappa shape index (κ1) is 9.41. The van der Waals surface area contributed by atoms with Gasteiger partial charge in [-0.3, -0.25) is 4.57 Å². The van der Waals surface area contributed by atoms with Gasteiger partial charge in [0.2, 0.25) is 0 Å². The Morgan fingerprint density at radius 3 is 3.00 bits per heavy atom. The molecule has 0 atom stereocenters. The first-order valence-electron chi connectivity index (χ1n) is 4.74. The zero-order chi connectivity index (χ0) is 10.7. The van der Waals surface area contributed by atoms with E-state index in [-0.39, 0.29) is 0 Å². The van der Waals surface area contributed by atoms with E-state index in [1.807, 2.05) is 17.7 Å². The van der Waals surface area contributed by atoms with Crippen molar-refractivity contribution in [1.29, 1.82) is 5.26 Å². The molecule has 2 aromatic heterocycles. The summed E-state index contributed by atoms with van der Waals surface area (Å²) in [6, 6.07) is 5.53. The van der Waals surface area contributed by atoms with Crippen LogP contribution in [0, 0.1) is 11.3 Å². The summed E-state index contributed by atoms with van der Waals surface area (Å²) in [5.74, 6) is 1.68. The molecule has 0 unspecified atom stereocenters. The quantitative estimate of drug-likeness (QED) is 0.738. The second kappa shape index (κ2) is 3.93. The summed E-state index contributed by atoms with van der Waals surface area (Å²) < 4.78 is 1.89. The van der Waals surface area contributed by atoms with Crippen molar-refractivity contribution in [1.82, 2.24) is 14.5 Å². The zero-order valence-electron chi connectivity index (χ0n) is 8.38. The molecule has 74 valence electrons. The van der Waals surface area contributed by atoms with Gasteiger partial charge in [0.05, 0.1) is 11.6 Å². The van der Waals surface area contributed by atoms with Gasteiger partial charge in [-0.25, -0.2) is 9.97 Å². The second-order valence-electron chi connectivity index (χ2n) is 3.08. The van der Waals surface area contributed by atoms with E-state index in [4.69, 9.17) is 5.26 Å². The van der Waals surface area contributed by atoms with Crippen molar-refractivity contribution in [3.8, 4) is 11.9 Å². The monoisotopic (exact) mass is 198 g/mol. The van der Waals surface area contributed by atoms with Gasteiger partial charge < -0.3 is 0 Å². The topological polar surface area (TPSA) is 54.5 Å². The summed E-state index contributed by atoms with van der Waals surface area (Å²) in [4.78, 5) is 8.42. The number of hydrogen-bond donors (Lipinski definition) is 0. The van der Waals surface area contributed by atoms with E-state index in [2.05, 4.69) is 16.0 Å². The number of pyridine rings is 1. The van der Waals surface area contributed by atoms with E-state index in [0.29, 0.717) is 5.56 Å². The maximum Gasteiger partial charge on any atom is 0.139 e. The number of hydrogen-bond acceptors (Lipinski definition) is 3. The van der Waals surface area contributed by atoms with Crippen LogP contribution in [0.1, 0.15) is 18.3 Å². The van der Waals surface area contributed by atoms with Crippen LogP contribution in [0.4, 0.5) is 0 Å². The van der Waals surface area contributed by atoms with Gasteiger partial charge in [-0.1, -0.05) is 6.92 Å². The van der Waals surface area contributed by atoms with Crippen molar-refractivity contribution in [2.24, 2.45) is 0 Å². The predicted molar refractivity (Wildman–Crippen MR) is 55.5 cm³/mol. The highest BCUT2D eigenvalue weighted by atomic mass is 15.1. The van der Waals surface area contributed by atoms with Crippen LogP contribution in [0.5, 0.6) is 0 Å². The van der Waals surface area contributed by atoms with Crippen molar-refractivity contribution in [2.75, 3.05) is 0 Å². The Bertz CT molecular complexity index is 507. The van der Waals surface area contributed by atoms with Crippen LogP contribution < -0.4 is 0 Å². The largest absolute Gasteiger partial charge is 0.288 e. The fourth-order valence-electron chi connectivity index (χ4n) is 1.42. The smallest absolute Gasteiger partial charge is 0.139 e. The van der Waals surface area contributed by atoms with E-state index in [9.17, 15) is 0 Å². The van der Waals surface area contributed by atoms with Crippen LogP contribution >= 0.6 is 0 Å². The van der Waals surface area contributed by atoms with Gasteiger partial charge in [0.1, 0.15) is 11.6 Å². The minimum absolute atomic E-state index is 0.607. The summed E-state index contributed by atoms with van der Waals surface area (Å²) >= 11 is 0.